The van der Waals surface area contributed by atoms with E-state index in [9.17, 15) is 0 Å². The van der Waals surface area contributed by atoms with Gasteiger partial charge in [0.1, 0.15) is 0 Å². The van der Waals surface area contributed by atoms with E-state index in [2.05, 4.69) is 26.3 Å². The summed E-state index contributed by atoms with van der Waals surface area (Å²) in [5, 5.41) is 0.675. The third kappa shape index (κ3) is 3.11. The number of hydrogen-bond acceptors (Lipinski definition) is 2. The minimum absolute atomic E-state index is 0.607. The quantitative estimate of drug-likeness (QED) is 0.549. The van der Waals surface area contributed by atoms with E-state index in [1.165, 1.54) is 0 Å². The third-order valence-electron chi connectivity index (χ3n) is 3.26. The molecule has 6 heteroatoms. The first-order valence-corrected chi connectivity index (χ1v) is 8.22. The molecule has 0 amide bonds. The molecular weight excluding hydrogens is 382 g/mol. The molecule has 0 atom stereocenters. The van der Waals surface area contributed by atoms with Gasteiger partial charge in [0.25, 0.3) is 0 Å². The lowest BCUT2D eigenvalue weighted by Crippen LogP contribution is -2.10. The second kappa shape index (κ2) is 6.28. The molecule has 0 fully saturated rings. The largest absolute Gasteiger partial charge is 0.333 e. The number of anilines is 1. The maximum absolute atomic E-state index is 6.04. The third-order valence-corrected chi connectivity index (χ3v) is 4.31. The molecule has 2 aromatic carbocycles. The van der Waals surface area contributed by atoms with Crippen molar-refractivity contribution in [2.24, 2.45) is 0 Å². The van der Waals surface area contributed by atoms with E-state index in [0.29, 0.717) is 9.79 Å². The number of nitrogens with one attached hydrogen (secondary N) is 2. The molecule has 22 heavy (non-hydrogen) atoms. The van der Waals surface area contributed by atoms with Crippen LogP contribution in [0.2, 0.25) is 5.02 Å². The number of benzene rings is 2. The van der Waals surface area contributed by atoms with E-state index in [-0.39, 0.29) is 0 Å². The molecule has 0 spiro atoms. The monoisotopic (exact) mass is 393 g/mol. The Morgan fingerprint density at radius 3 is 2.59 bits per heavy atom. The summed E-state index contributed by atoms with van der Waals surface area (Å²) in [7, 11) is 0. The van der Waals surface area contributed by atoms with Crippen molar-refractivity contribution in [3.8, 4) is 11.3 Å². The van der Waals surface area contributed by atoms with Crippen LogP contribution in [-0.4, -0.2) is 9.66 Å². The molecule has 0 saturated carbocycles. The van der Waals surface area contributed by atoms with E-state index in [1.54, 1.807) is 0 Å². The van der Waals surface area contributed by atoms with E-state index < -0.39 is 0 Å². The molecule has 112 valence electrons. The minimum Gasteiger partial charge on any atom is -0.333 e. The normalized spacial score (nSPS) is 10.7. The van der Waals surface area contributed by atoms with Crippen molar-refractivity contribution in [1.29, 1.82) is 0 Å². The van der Waals surface area contributed by atoms with Crippen LogP contribution < -0.4 is 5.43 Å². The van der Waals surface area contributed by atoms with Gasteiger partial charge in [-0.25, -0.2) is 4.68 Å². The number of aromatic nitrogens is 2. The van der Waals surface area contributed by atoms with Gasteiger partial charge in [-0.2, -0.15) is 0 Å². The number of aryl methyl sites for hydroxylation is 1. The Hall–Kier alpha value is -1.56. The number of H-pyrrole nitrogens is 1. The minimum atomic E-state index is 0.607. The number of rotatable bonds is 3. The van der Waals surface area contributed by atoms with Crippen LogP contribution in [0.4, 0.5) is 5.69 Å². The first kappa shape index (κ1) is 15.3. The molecule has 0 unspecified atom stereocenters. The molecule has 2 N–H and O–H groups in total. The highest BCUT2D eigenvalue weighted by molar-refractivity contribution is 9.10. The van der Waals surface area contributed by atoms with Crippen molar-refractivity contribution < 1.29 is 0 Å². The molecule has 0 aliphatic carbocycles. The number of aromatic amines is 1. The molecule has 0 bridgehead atoms. The van der Waals surface area contributed by atoms with Crippen LogP contribution in [0.15, 0.2) is 53.0 Å². The smallest absolute Gasteiger partial charge is 0.197 e. The van der Waals surface area contributed by atoms with Crippen LogP contribution in [0.25, 0.3) is 11.3 Å². The van der Waals surface area contributed by atoms with E-state index in [1.807, 2.05) is 60.1 Å². The van der Waals surface area contributed by atoms with Gasteiger partial charge >= 0.3 is 0 Å². The number of halogens is 2. The van der Waals surface area contributed by atoms with Crippen LogP contribution in [-0.2, 0) is 0 Å². The zero-order valence-electron chi connectivity index (χ0n) is 11.7. The predicted octanol–water partition coefficient (Wildman–Crippen LogP) is 5.81. The lowest BCUT2D eigenvalue weighted by molar-refractivity contribution is 0.942. The van der Waals surface area contributed by atoms with Crippen LogP contribution in [0.1, 0.15) is 5.69 Å². The molecule has 0 aliphatic rings. The zero-order chi connectivity index (χ0) is 15.7. The van der Waals surface area contributed by atoms with E-state index in [0.717, 1.165) is 27.1 Å². The van der Waals surface area contributed by atoms with Crippen LogP contribution >= 0.6 is 39.7 Å². The Kier molecular flexibility index (Phi) is 4.38. The maximum Gasteiger partial charge on any atom is 0.197 e. The Bertz CT molecular complexity index is 868. The highest BCUT2D eigenvalue weighted by Crippen LogP contribution is 2.26. The van der Waals surface area contributed by atoms with Gasteiger partial charge in [-0.1, -0.05) is 45.7 Å². The fraction of sp³-hybridized carbons (Fsp3) is 0.0625. The molecule has 0 radical (unpaired) electrons. The lowest BCUT2D eigenvalue weighted by atomic mass is 10.1. The maximum atomic E-state index is 6.04. The van der Waals surface area contributed by atoms with Gasteiger partial charge in [-0.3, -0.25) is 5.43 Å². The van der Waals surface area contributed by atoms with Gasteiger partial charge in [0.2, 0.25) is 0 Å². The first-order valence-electron chi connectivity index (χ1n) is 6.65. The average Bonchev–Trinajstić information content (AvgIpc) is 2.75. The van der Waals surface area contributed by atoms with Crippen molar-refractivity contribution in [2.75, 3.05) is 5.43 Å². The van der Waals surface area contributed by atoms with Crippen molar-refractivity contribution >= 4 is 45.4 Å². The van der Waals surface area contributed by atoms with Gasteiger partial charge in [-0.15, -0.1) is 0 Å². The van der Waals surface area contributed by atoms with Gasteiger partial charge in [0, 0.05) is 20.8 Å². The summed E-state index contributed by atoms with van der Waals surface area (Å²) in [6.07, 6.45) is 0. The summed E-state index contributed by atoms with van der Waals surface area (Å²) in [5.74, 6) is 0. The van der Waals surface area contributed by atoms with Crippen molar-refractivity contribution in [2.45, 2.75) is 6.92 Å². The molecule has 0 aliphatic heterocycles. The van der Waals surface area contributed by atoms with E-state index in [4.69, 9.17) is 23.8 Å². The summed E-state index contributed by atoms with van der Waals surface area (Å²) < 4.78 is 3.51. The van der Waals surface area contributed by atoms with Crippen LogP contribution in [0.5, 0.6) is 0 Å². The lowest BCUT2D eigenvalue weighted by Gasteiger charge is -2.12. The molecular formula is C16H13BrClN3S. The Labute approximate surface area is 147 Å². The summed E-state index contributed by atoms with van der Waals surface area (Å²) in [6, 6.07) is 15.6. The molecule has 1 aromatic heterocycles. The van der Waals surface area contributed by atoms with Crippen molar-refractivity contribution in [3.63, 3.8) is 0 Å². The molecule has 1 heterocycles. The topological polar surface area (TPSA) is 32.8 Å². The first-order chi connectivity index (χ1) is 10.5. The van der Waals surface area contributed by atoms with E-state index >= 15 is 0 Å². The van der Waals surface area contributed by atoms with Crippen molar-refractivity contribution in [1.82, 2.24) is 9.66 Å². The van der Waals surface area contributed by atoms with Crippen LogP contribution in [0.3, 0.4) is 0 Å². The Balaban J connectivity index is 2.08. The Morgan fingerprint density at radius 2 is 1.91 bits per heavy atom. The SMILES string of the molecule is Cc1[nH]c(=S)n(Nc2cccc(Cl)c2)c1-c1ccc(Br)cc1. The molecule has 0 saturated heterocycles. The predicted molar refractivity (Wildman–Crippen MR) is 98.0 cm³/mol. The summed E-state index contributed by atoms with van der Waals surface area (Å²) in [5.41, 5.74) is 7.25. The summed E-state index contributed by atoms with van der Waals surface area (Å²) in [4.78, 5) is 3.19. The second-order valence-electron chi connectivity index (χ2n) is 4.87. The second-order valence-corrected chi connectivity index (χ2v) is 6.61. The average molecular weight is 395 g/mol. The Morgan fingerprint density at radius 1 is 1.18 bits per heavy atom. The summed E-state index contributed by atoms with van der Waals surface area (Å²) >= 11 is 14.9. The van der Waals surface area contributed by atoms with Gasteiger partial charge < -0.3 is 4.98 Å². The zero-order valence-corrected chi connectivity index (χ0v) is 14.9. The highest BCUT2D eigenvalue weighted by atomic mass is 79.9. The van der Waals surface area contributed by atoms with Crippen molar-refractivity contribution in [3.05, 3.63) is 68.5 Å². The van der Waals surface area contributed by atoms with Gasteiger partial charge in [0.05, 0.1) is 11.4 Å². The van der Waals surface area contributed by atoms with Crippen LogP contribution in [0, 0.1) is 11.7 Å². The molecule has 3 aromatic rings. The number of hydrogen-bond donors (Lipinski definition) is 2. The number of imidazole rings is 1. The molecule has 3 nitrogen and oxygen atoms in total. The molecule has 3 rings (SSSR count). The summed E-state index contributed by atoms with van der Waals surface area (Å²) in [6.45, 7) is 2.00. The van der Waals surface area contributed by atoms with Gasteiger partial charge in [-0.05, 0) is 49.5 Å². The standard InChI is InChI=1S/C16H13BrClN3S/c1-10-15(11-5-7-12(17)8-6-11)21(16(22)19-10)20-14-4-2-3-13(18)9-14/h2-9,20H,1H3,(H,19,22). The fourth-order valence-electron chi connectivity index (χ4n) is 2.29. The van der Waals surface area contributed by atoms with Gasteiger partial charge in [0.15, 0.2) is 4.77 Å². The fourth-order valence-corrected chi connectivity index (χ4v) is 3.04. The number of nitrogens with zero attached hydrogens (tertiary/aromatic N) is 1. The highest BCUT2D eigenvalue weighted by Gasteiger charge is 2.11.